The van der Waals surface area contributed by atoms with E-state index in [1.807, 2.05) is 49.6 Å². The van der Waals surface area contributed by atoms with Gasteiger partial charge in [-0.2, -0.15) is 13.2 Å². The van der Waals surface area contributed by atoms with Gasteiger partial charge in [0.25, 0.3) is 0 Å². The van der Waals surface area contributed by atoms with Crippen LogP contribution in [0.4, 0.5) is 34.8 Å². The lowest BCUT2D eigenvalue weighted by molar-refractivity contribution is -0.137. The number of alkyl halides is 3. The summed E-state index contributed by atoms with van der Waals surface area (Å²) < 4.78 is 55.0. The highest BCUT2D eigenvalue weighted by molar-refractivity contribution is 6.33. The third kappa shape index (κ3) is 6.23. The molecule has 1 aliphatic heterocycles. The van der Waals surface area contributed by atoms with Crippen LogP contribution in [0, 0.1) is 18.7 Å². The average molecular weight is 600 g/mol. The molecule has 0 bridgehead atoms. The lowest BCUT2D eigenvalue weighted by Gasteiger charge is -2.33. The first-order valence-corrected chi connectivity index (χ1v) is 13.9. The standard InChI is InChI=1S/C31H30ClF4N5O/c1-18(2)27(38-25-13-8-21(16-24(25)32)31(34,35)36)30(42)40-14-15-41-26(17-40)39-28(20-6-9-22(33)10-7-20)29(41)37-23-11-4-19(3)5-12-23/h4-13,16,18,27,37-38H,14-15,17H2,1-3H3/t27-/m0/s1. The number of fused-ring (bicyclic) bond motifs is 1. The smallest absolute Gasteiger partial charge is 0.372 e. The van der Waals surface area contributed by atoms with Crippen LogP contribution in [0.25, 0.3) is 11.3 Å². The lowest BCUT2D eigenvalue weighted by Crippen LogP contribution is -2.48. The number of aromatic nitrogens is 2. The summed E-state index contributed by atoms with van der Waals surface area (Å²) in [6, 6.07) is 16.3. The first kappa shape index (κ1) is 29.4. The van der Waals surface area contributed by atoms with Crippen LogP contribution in [0.2, 0.25) is 5.02 Å². The zero-order valence-electron chi connectivity index (χ0n) is 23.3. The van der Waals surface area contributed by atoms with Crippen LogP contribution in [0.5, 0.6) is 0 Å². The fourth-order valence-corrected chi connectivity index (χ4v) is 5.15. The van der Waals surface area contributed by atoms with Gasteiger partial charge in [-0.1, -0.05) is 43.1 Å². The maximum absolute atomic E-state index is 13.8. The molecule has 2 N–H and O–H groups in total. The molecule has 2 heterocycles. The topological polar surface area (TPSA) is 62.2 Å². The van der Waals surface area contributed by atoms with E-state index in [-0.39, 0.29) is 34.9 Å². The summed E-state index contributed by atoms with van der Waals surface area (Å²) in [5.41, 5.74) is 2.73. The fourth-order valence-electron chi connectivity index (χ4n) is 4.92. The molecule has 0 spiro atoms. The Morgan fingerprint density at radius 3 is 2.31 bits per heavy atom. The zero-order chi connectivity index (χ0) is 30.2. The van der Waals surface area contributed by atoms with Crippen molar-refractivity contribution in [3.63, 3.8) is 0 Å². The third-order valence-electron chi connectivity index (χ3n) is 7.26. The van der Waals surface area contributed by atoms with Crippen molar-refractivity contribution in [1.29, 1.82) is 0 Å². The highest BCUT2D eigenvalue weighted by Crippen LogP contribution is 2.36. The normalized spacial score (nSPS) is 14.1. The van der Waals surface area contributed by atoms with Gasteiger partial charge in [-0.15, -0.1) is 0 Å². The van der Waals surface area contributed by atoms with E-state index >= 15 is 0 Å². The Morgan fingerprint density at radius 1 is 1.00 bits per heavy atom. The van der Waals surface area contributed by atoms with Gasteiger partial charge in [0.2, 0.25) is 5.91 Å². The van der Waals surface area contributed by atoms with Crippen molar-refractivity contribution in [1.82, 2.24) is 14.5 Å². The number of rotatable bonds is 7. The highest BCUT2D eigenvalue weighted by Gasteiger charge is 2.34. The first-order valence-electron chi connectivity index (χ1n) is 13.5. The quantitative estimate of drug-likeness (QED) is 0.212. The number of amides is 1. The van der Waals surface area contributed by atoms with Gasteiger partial charge in [-0.05, 0) is 67.4 Å². The second-order valence-corrected chi connectivity index (χ2v) is 11.1. The first-order chi connectivity index (χ1) is 19.9. The van der Waals surface area contributed by atoms with Crippen molar-refractivity contribution >= 4 is 34.7 Å². The van der Waals surface area contributed by atoms with Gasteiger partial charge in [0.1, 0.15) is 29.2 Å². The lowest BCUT2D eigenvalue weighted by atomic mass is 10.0. The number of nitrogens with one attached hydrogen (secondary N) is 2. The van der Waals surface area contributed by atoms with E-state index in [1.54, 1.807) is 17.0 Å². The number of benzene rings is 3. The minimum Gasteiger partial charge on any atom is -0.372 e. The van der Waals surface area contributed by atoms with Crippen LogP contribution >= 0.6 is 11.6 Å². The molecule has 0 saturated carbocycles. The van der Waals surface area contributed by atoms with E-state index in [1.165, 1.54) is 18.2 Å². The van der Waals surface area contributed by atoms with Crippen LogP contribution < -0.4 is 10.6 Å². The molecule has 5 rings (SSSR count). The predicted octanol–water partition coefficient (Wildman–Crippen LogP) is 7.89. The molecule has 0 fully saturated rings. The van der Waals surface area contributed by atoms with Crippen molar-refractivity contribution in [3.05, 3.63) is 94.5 Å². The Kier molecular flexibility index (Phi) is 8.19. The second kappa shape index (κ2) is 11.7. The van der Waals surface area contributed by atoms with Crippen molar-refractivity contribution < 1.29 is 22.4 Å². The maximum atomic E-state index is 13.8. The van der Waals surface area contributed by atoms with E-state index < -0.39 is 17.8 Å². The Hall–Kier alpha value is -4.05. The number of nitrogens with zero attached hydrogens (tertiary/aromatic N) is 3. The fraction of sp³-hybridized carbons (Fsp3) is 0.290. The number of carbonyl (C=O) groups is 1. The Labute approximate surface area is 246 Å². The molecule has 1 amide bonds. The molecule has 1 aromatic heterocycles. The number of carbonyl (C=O) groups excluding carboxylic acids is 1. The van der Waals surface area contributed by atoms with E-state index in [2.05, 4.69) is 10.6 Å². The van der Waals surface area contributed by atoms with E-state index in [4.69, 9.17) is 16.6 Å². The minimum absolute atomic E-state index is 0.117. The van der Waals surface area contributed by atoms with Crippen molar-refractivity contribution in [2.45, 2.75) is 46.1 Å². The number of anilines is 3. The largest absolute Gasteiger partial charge is 0.416 e. The summed E-state index contributed by atoms with van der Waals surface area (Å²) >= 11 is 6.17. The zero-order valence-corrected chi connectivity index (χ0v) is 24.0. The van der Waals surface area contributed by atoms with Crippen LogP contribution in [-0.4, -0.2) is 32.9 Å². The molecule has 0 radical (unpaired) electrons. The molecule has 0 aliphatic carbocycles. The van der Waals surface area contributed by atoms with Crippen LogP contribution in [0.1, 0.15) is 30.8 Å². The molecule has 1 atom stereocenters. The summed E-state index contributed by atoms with van der Waals surface area (Å²) in [6.07, 6.45) is -4.52. The molecule has 0 saturated heterocycles. The van der Waals surface area contributed by atoms with Gasteiger partial charge in [-0.25, -0.2) is 9.37 Å². The highest BCUT2D eigenvalue weighted by atomic mass is 35.5. The molecule has 3 aromatic carbocycles. The van der Waals surface area contributed by atoms with Crippen molar-refractivity contribution in [3.8, 4) is 11.3 Å². The Morgan fingerprint density at radius 2 is 1.69 bits per heavy atom. The Bertz CT molecular complexity index is 1580. The summed E-state index contributed by atoms with van der Waals surface area (Å²) in [5.74, 6) is 0.631. The van der Waals surface area contributed by atoms with Gasteiger partial charge in [0, 0.05) is 24.3 Å². The van der Waals surface area contributed by atoms with Crippen LogP contribution in [0.15, 0.2) is 66.7 Å². The van der Waals surface area contributed by atoms with E-state index in [0.29, 0.717) is 24.6 Å². The number of hydrogen-bond acceptors (Lipinski definition) is 4. The summed E-state index contributed by atoms with van der Waals surface area (Å²) in [4.78, 5) is 20.3. The summed E-state index contributed by atoms with van der Waals surface area (Å²) in [6.45, 7) is 6.77. The minimum atomic E-state index is -4.52. The van der Waals surface area contributed by atoms with Crippen LogP contribution in [-0.2, 0) is 24.1 Å². The molecular weight excluding hydrogens is 570 g/mol. The van der Waals surface area contributed by atoms with Gasteiger partial charge in [-0.3, -0.25) is 4.79 Å². The second-order valence-electron chi connectivity index (χ2n) is 10.7. The summed E-state index contributed by atoms with van der Waals surface area (Å²) in [5, 5.41) is 6.40. The van der Waals surface area contributed by atoms with Gasteiger partial charge < -0.3 is 20.1 Å². The van der Waals surface area contributed by atoms with Gasteiger partial charge in [0.05, 0.1) is 22.8 Å². The van der Waals surface area contributed by atoms with Crippen LogP contribution in [0.3, 0.4) is 0 Å². The predicted molar refractivity (Wildman–Crippen MR) is 156 cm³/mol. The molecule has 220 valence electrons. The number of imidazole rings is 1. The number of halogens is 5. The molecule has 42 heavy (non-hydrogen) atoms. The molecule has 4 aromatic rings. The van der Waals surface area contributed by atoms with E-state index in [9.17, 15) is 22.4 Å². The van der Waals surface area contributed by atoms with Gasteiger partial charge >= 0.3 is 6.18 Å². The monoisotopic (exact) mass is 599 g/mol. The molecule has 6 nitrogen and oxygen atoms in total. The third-order valence-corrected chi connectivity index (χ3v) is 7.57. The molecule has 1 aliphatic rings. The van der Waals surface area contributed by atoms with Crippen molar-refractivity contribution in [2.24, 2.45) is 5.92 Å². The van der Waals surface area contributed by atoms with Crippen molar-refractivity contribution in [2.75, 3.05) is 17.2 Å². The number of aryl methyl sites for hydroxylation is 1. The van der Waals surface area contributed by atoms with Gasteiger partial charge in [0.15, 0.2) is 0 Å². The molecule has 11 heteroatoms. The average Bonchev–Trinajstić information content (AvgIpc) is 3.30. The summed E-state index contributed by atoms with van der Waals surface area (Å²) in [7, 11) is 0. The molecular formula is C31H30ClF4N5O. The Balaban J connectivity index is 1.42. The maximum Gasteiger partial charge on any atom is 0.416 e. The number of hydrogen-bond donors (Lipinski definition) is 2. The molecule has 0 unspecified atom stereocenters. The van der Waals surface area contributed by atoms with E-state index in [0.717, 1.165) is 34.8 Å². The SMILES string of the molecule is Cc1ccc(Nc2c(-c3ccc(F)cc3)nc3n2CCN(C(=O)[C@@H](Nc2ccc(C(F)(F)F)cc2Cl)C(C)C)C3)cc1.